The van der Waals surface area contributed by atoms with Gasteiger partial charge >= 0.3 is 12.1 Å². The van der Waals surface area contributed by atoms with Crippen LogP contribution in [-0.2, 0) is 14.3 Å². The zero-order valence-electron chi connectivity index (χ0n) is 20.1. The highest BCUT2D eigenvalue weighted by molar-refractivity contribution is 8.00. The predicted octanol–water partition coefficient (Wildman–Crippen LogP) is 4.85. The molecule has 0 radical (unpaired) electrons. The number of carboxylic acid groups (broad SMARTS) is 1. The molecule has 1 fully saturated rings. The van der Waals surface area contributed by atoms with E-state index in [4.69, 9.17) is 4.74 Å². The molecule has 2 aromatic rings. The SMILES string of the molecule is CCCC1SCC(C(=O)O)N1C(=O)CCC(C)NC(=O)OCC1c2ccccc2-c2ccccc21. The average molecular weight is 497 g/mol. The molecule has 2 aliphatic rings. The van der Waals surface area contributed by atoms with E-state index in [9.17, 15) is 19.5 Å². The number of benzene rings is 2. The third-order valence-corrected chi connectivity index (χ3v) is 8.06. The highest BCUT2D eigenvalue weighted by Gasteiger charge is 2.40. The maximum absolute atomic E-state index is 12.9. The number of nitrogens with zero attached hydrogens (tertiary/aromatic N) is 1. The van der Waals surface area contributed by atoms with Gasteiger partial charge in [-0.05, 0) is 42.0 Å². The van der Waals surface area contributed by atoms with E-state index < -0.39 is 18.1 Å². The number of carboxylic acids is 1. The lowest BCUT2D eigenvalue weighted by Gasteiger charge is -2.27. The van der Waals surface area contributed by atoms with Crippen molar-refractivity contribution >= 4 is 29.7 Å². The van der Waals surface area contributed by atoms with E-state index in [-0.39, 0.29) is 36.3 Å². The second-order valence-electron chi connectivity index (χ2n) is 9.14. The van der Waals surface area contributed by atoms with E-state index in [1.165, 1.54) is 27.8 Å². The maximum atomic E-state index is 12.9. The van der Waals surface area contributed by atoms with Gasteiger partial charge in [0.05, 0.1) is 5.37 Å². The zero-order chi connectivity index (χ0) is 24.9. The summed E-state index contributed by atoms with van der Waals surface area (Å²) in [7, 11) is 0. The van der Waals surface area contributed by atoms with Gasteiger partial charge in [0.1, 0.15) is 12.6 Å². The molecule has 0 spiro atoms. The number of amides is 2. The molecule has 4 rings (SSSR count). The number of rotatable bonds is 9. The van der Waals surface area contributed by atoms with Gasteiger partial charge in [0.2, 0.25) is 5.91 Å². The molecule has 186 valence electrons. The van der Waals surface area contributed by atoms with Gasteiger partial charge in [-0.25, -0.2) is 9.59 Å². The Hall–Kier alpha value is -3.00. The summed E-state index contributed by atoms with van der Waals surface area (Å²) in [5.41, 5.74) is 4.65. The Morgan fingerprint density at radius 3 is 2.34 bits per heavy atom. The molecule has 3 unspecified atom stereocenters. The first-order valence-electron chi connectivity index (χ1n) is 12.2. The largest absolute Gasteiger partial charge is 0.480 e. The molecule has 2 aromatic carbocycles. The number of thioether (sulfide) groups is 1. The van der Waals surface area contributed by atoms with E-state index in [1.54, 1.807) is 0 Å². The molecule has 2 amide bonds. The Kier molecular flexibility index (Phi) is 8.00. The van der Waals surface area contributed by atoms with Crippen LogP contribution < -0.4 is 5.32 Å². The van der Waals surface area contributed by atoms with Crippen LogP contribution in [0.15, 0.2) is 48.5 Å². The van der Waals surface area contributed by atoms with Crippen LogP contribution in [0.1, 0.15) is 56.6 Å². The van der Waals surface area contributed by atoms with Gasteiger partial charge in [-0.1, -0.05) is 61.9 Å². The highest BCUT2D eigenvalue weighted by atomic mass is 32.2. The number of nitrogens with one attached hydrogen (secondary N) is 1. The molecule has 8 heteroatoms. The Morgan fingerprint density at radius 1 is 1.11 bits per heavy atom. The summed E-state index contributed by atoms with van der Waals surface area (Å²) in [4.78, 5) is 38.5. The summed E-state index contributed by atoms with van der Waals surface area (Å²) in [6.45, 7) is 4.08. The molecule has 1 aliphatic heterocycles. The Labute approximate surface area is 210 Å². The number of carbonyl (C=O) groups is 3. The van der Waals surface area contributed by atoms with Gasteiger partial charge in [-0.3, -0.25) is 4.79 Å². The van der Waals surface area contributed by atoms with E-state index in [0.29, 0.717) is 12.2 Å². The van der Waals surface area contributed by atoms with E-state index in [2.05, 4.69) is 29.6 Å². The molecule has 35 heavy (non-hydrogen) atoms. The smallest absolute Gasteiger partial charge is 0.407 e. The minimum Gasteiger partial charge on any atom is -0.480 e. The first kappa shape index (κ1) is 25.1. The van der Waals surface area contributed by atoms with Crippen LogP contribution in [0.4, 0.5) is 4.79 Å². The fourth-order valence-electron chi connectivity index (χ4n) is 4.94. The van der Waals surface area contributed by atoms with Crippen LogP contribution in [0.2, 0.25) is 0 Å². The lowest BCUT2D eigenvalue weighted by molar-refractivity contribution is -0.149. The minimum atomic E-state index is -0.964. The molecule has 0 bridgehead atoms. The molecule has 0 aromatic heterocycles. The molecule has 1 heterocycles. The fourth-order valence-corrected chi connectivity index (χ4v) is 6.48. The number of ether oxygens (including phenoxy) is 1. The lowest BCUT2D eigenvalue weighted by atomic mass is 9.98. The quantitative estimate of drug-likeness (QED) is 0.515. The van der Waals surface area contributed by atoms with E-state index >= 15 is 0 Å². The second-order valence-corrected chi connectivity index (χ2v) is 10.4. The molecular weight excluding hydrogens is 464 g/mol. The normalized spacial score (nSPS) is 19.7. The first-order chi connectivity index (χ1) is 16.9. The van der Waals surface area contributed by atoms with E-state index in [1.807, 2.05) is 38.1 Å². The topological polar surface area (TPSA) is 95.9 Å². The average Bonchev–Trinajstić information content (AvgIpc) is 3.41. The molecule has 0 saturated carbocycles. The van der Waals surface area contributed by atoms with Crippen molar-refractivity contribution in [1.82, 2.24) is 10.2 Å². The van der Waals surface area contributed by atoms with Crippen molar-refractivity contribution in [3.8, 4) is 11.1 Å². The molecule has 1 aliphatic carbocycles. The van der Waals surface area contributed by atoms with Crippen molar-refractivity contribution in [1.29, 1.82) is 0 Å². The van der Waals surface area contributed by atoms with Crippen LogP contribution >= 0.6 is 11.8 Å². The Bertz CT molecular complexity index is 1050. The maximum Gasteiger partial charge on any atom is 0.407 e. The third-order valence-electron chi connectivity index (χ3n) is 6.70. The minimum absolute atomic E-state index is 0.0128. The van der Waals surface area contributed by atoms with Gasteiger partial charge in [-0.2, -0.15) is 0 Å². The van der Waals surface area contributed by atoms with Crippen LogP contribution in [0.5, 0.6) is 0 Å². The van der Waals surface area contributed by atoms with Crippen molar-refractivity contribution in [2.75, 3.05) is 12.4 Å². The molecular formula is C27H32N2O5S. The monoisotopic (exact) mass is 496 g/mol. The van der Waals surface area contributed by atoms with Crippen LogP contribution in [0.25, 0.3) is 11.1 Å². The number of hydrogen-bond donors (Lipinski definition) is 2. The standard InChI is InChI=1S/C27H32N2O5S/c1-3-8-25-29(23(16-35-25)26(31)32)24(30)14-13-17(2)28-27(33)34-15-22-20-11-6-4-9-18(20)19-10-5-7-12-21(19)22/h4-7,9-12,17,22-23,25H,3,8,13-16H2,1-2H3,(H,28,33)(H,31,32). The van der Waals surface area contributed by atoms with Crippen LogP contribution in [0.3, 0.4) is 0 Å². The summed E-state index contributed by atoms with van der Waals surface area (Å²) in [5, 5.41) is 12.2. The molecule has 7 nitrogen and oxygen atoms in total. The highest BCUT2D eigenvalue weighted by Crippen LogP contribution is 2.44. The van der Waals surface area contributed by atoms with Crippen molar-refractivity contribution in [2.24, 2.45) is 0 Å². The van der Waals surface area contributed by atoms with Crippen molar-refractivity contribution in [3.63, 3.8) is 0 Å². The van der Waals surface area contributed by atoms with Gasteiger partial charge in [0, 0.05) is 24.1 Å². The number of aliphatic carboxylic acids is 1. The molecule has 3 atom stereocenters. The lowest BCUT2D eigenvalue weighted by Crippen LogP contribution is -2.46. The summed E-state index contributed by atoms with van der Waals surface area (Å²) >= 11 is 1.53. The second kappa shape index (κ2) is 11.2. The Balaban J connectivity index is 1.29. The predicted molar refractivity (Wildman–Crippen MR) is 136 cm³/mol. The fraction of sp³-hybridized carbons (Fsp3) is 0.444. The van der Waals surface area contributed by atoms with Crippen LogP contribution in [0, 0.1) is 0 Å². The molecule has 2 N–H and O–H groups in total. The zero-order valence-corrected chi connectivity index (χ0v) is 20.9. The summed E-state index contributed by atoms with van der Waals surface area (Å²) in [5.74, 6) is -0.739. The number of hydrogen-bond acceptors (Lipinski definition) is 5. The summed E-state index contributed by atoms with van der Waals surface area (Å²) < 4.78 is 5.59. The molecule has 1 saturated heterocycles. The van der Waals surface area contributed by atoms with E-state index in [0.717, 1.165) is 24.0 Å². The summed E-state index contributed by atoms with van der Waals surface area (Å²) in [6.07, 6.45) is 1.72. The third kappa shape index (κ3) is 5.48. The van der Waals surface area contributed by atoms with Gasteiger partial charge in [0.15, 0.2) is 0 Å². The van der Waals surface area contributed by atoms with Gasteiger partial charge in [-0.15, -0.1) is 11.8 Å². The van der Waals surface area contributed by atoms with Crippen molar-refractivity contribution in [3.05, 3.63) is 59.7 Å². The number of alkyl carbamates (subject to hydrolysis) is 1. The van der Waals surface area contributed by atoms with Gasteiger partial charge in [0.25, 0.3) is 0 Å². The number of carbonyl (C=O) groups excluding carboxylic acids is 2. The van der Waals surface area contributed by atoms with Crippen molar-refractivity contribution < 1.29 is 24.2 Å². The van der Waals surface area contributed by atoms with Crippen LogP contribution in [-0.4, -0.2) is 57.8 Å². The summed E-state index contributed by atoms with van der Waals surface area (Å²) in [6, 6.07) is 15.3. The van der Waals surface area contributed by atoms with Crippen molar-refractivity contribution in [2.45, 2.75) is 62.9 Å². The van der Waals surface area contributed by atoms with Gasteiger partial charge < -0.3 is 20.1 Å². The Morgan fingerprint density at radius 2 is 1.74 bits per heavy atom. The first-order valence-corrected chi connectivity index (χ1v) is 13.2. The number of fused-ring (bicyclic) bond motifs is 3.